The van der Waals surface area contributed by atoms with Crippen LogP contribution in [0.3, 0.4) is 0 Å². The lowest BCUT2D eigenvalue weighted by atomic mass is 10.00. The van der Waals surface area contributed by atoms with Gasteiger partial charge in [-0.2, -0.15) is 0 Å². The number of rotatable bonds is 6. The Morgan fingerprint density at radius 3 is 1.57 bits per heavy atom. The first kappa shape index (κ1) is 32.1. The van der Waals surface area contributed by atoms with E-state index in [9.17, 15) is 0 Å². The maximum absolute atomic E-state index is 6.40. The zero-order chi connectivity index (χ0) is 37.0. The van der Waals surface area contributed by atoms with Crippen LogP contribution in [0.2, 0.25) is 0 Å². The van der Waals surface area contributed by atoms with Gasteiger partial charge in [-0.3, -0.25) is 0 Å². The van der Waals surface area contributed by atoms with Crippen molar-refractivity contribution in [2.45, 2.75) is 0 Å². The van der Waals surface area contributed by atoms with Crippen LogP contribution in [0.25, 0.3) is 110 Å². The van der Waals surface area contributed by atoms with Crippen LogP contribution >= 0.6 is 11.3 Å². The first-order chi connectivity index (χ1) is 27.7. The van der Waals surface area contributed by atoms with Crippen LogP contribution in [-0.2, 0) is 0 Å². The molecule has 0 aliphatic heterocycles. The van der Waals surface area contributed by atoms with Crippen molar-refractivity contribution in [3.63, 3.8) is 0 Å². The Kier molecular flexibility index (Phi) is 7.57. The molecule has 0 unspecified atom stereocenters. The van der Waals surface area contributed by atoms with E-state index in [0.29, 0.717) is 28.9 Å². The fraction of sp³-hybridized carbons (Fsp3) is 0. The van der Waals surface area contributed by atoms with E-state index in [1.807, 2.05) is 109 Å². The molecular weight excluding hydrogens is 707 g/mol. The summed E-state index contributed by atoms with van der Waals surface area (Å²) in [5, 5.41) is 3.40. The van der Waals surface area contributed by atoms with Crippen molar-refractivity contribution in [3.05, 3.63) is 176 Å². The van der Waals surface area contributed by atoms with Gasteiger partial charge in [0.05, 0.1) is 0 Å². The van der Waals surface area contributed by atoms with Gasteiger partial charge in [0.2, 0.25) is 0 Å². The monoisotopic (exact) mass is 735 g/mol. The molecule has 6 nitrogen and oxygen atoms in total. The van der Waals surface area contributed by atoms with E-state index in [1.165, 1.54) is 25.7 Å². The molecule has 0 bridgehead atoms. The number of aromatic nitrogens is 5. The highest BCUT2D eigenvalue weighted by atomic mass is 32.1. The van der Waals surface area contributed by atoms with Crippen molar-refractivity contribution >= 4 is 53.6 Å². The summed E-state index contributed by atoms with van der Waals surface area (Å²) in [4.78, 5) is 24.9. The minimum absolute atomic E-state index is 0.645. The van der Waals surface area contributed by atoms with Gasteiger partial charge in [0.1, 0.15) is 16.8 Å². The standard InChI is InChI=1S/C49H29N5OS/c1-4-13-32(14-5-1)46-50-42(44-43(51-46)39-19-10-11-22-40(39)55-44)31-25-23-30(24-26-31)36-20-12-21-38-37-28-27-35(29-41(37)56-45(36)38)49-53-47(33-15-6-2-7-16-33)52-48(54-49)34-17-8-3-9-18-34/h1-29H. The van der Waals surface area contributed by atoms with Gasteiger partial charge >= 0.3 is 0 Å². The maximum Gasteiger partial charge on any atom is 0.180 e. The highest BCUT2D eigenvalue weighted by Crippen LogP contribution is 2.42. The average Bonchev–Trinajstić information content (AvgIpc) is 3.85. The normalized spacial score (nSPS) is 11.6. The molecule has 0 spiro atoms. The van der Waals surface area contributed by atoms with Gasteiger partial charge in [-0.05, 0) is 29.3 Å². The zero-order valence-corrected chi connectivity index (χ0v) is 30.6. The second kappa shape index (κ2) is 13.2. The van der Waals surface area contributed by atoms with Crippen molar-refractivity contribution in [2.75, 3.05) is 0 Å². The van der Waals surface area contributed by atoms with Crippen LogP contribution in [0.15, 0.2) is 180 Å². The van der Waals surface area contributed by atoms with Gasteiger partial charge in [-0.25, -0.2) is 24.9 Å². The Balaban J connectivity index is 1.00. The summed E-state index contributed by atoms with van der Waals surface area (Å²) in [6.07, 6.45) is 0. The molecule has 0 fully saturated rings. The Bertz CT molecular complexity index is 3180. The third-order valence-corrected chi connectivity index (χ3v) is 11.4. The molecule has 0 atom stereocenters. The van der Waals surface area contributed by atoms with Crippen molar-refractivity contribution in [1.82, 2.24) is 24.9 Å². The minimum Gasteiger partial charge on any atom is -0.452 e. The van der Waals surface area contributed by atoms with Crippen LogP contribution in [0.1, 0.15) is 0 Å². The third-order valence-electron chi connectivity index (χ3n) is 10.2. The predicted octanol–water partition coefficient (Wildman–Crippen LogP) is 12.9. The van der Waals surface area contributed by atoms with Crippen molar-refractivity contribution < 1.29 is 4.42 Å². The van der Waals surface area contributed by atoms with Crippen LogP contribution in [-0.4, -0.2) is 24.9 Å². The Morgan fingerprint density at radius 1 is 0.375 bits per heavy atom. The molecule has 0 aliphatic carbocycles. The number of hydrogen-bond donors (Lipinski definition) is 0. The summed E-state index contributed by atoms with van der Waals surface area (Å²) < 4.78 is 8.80. The molecule has 262 valence electrons. The third kappa shape index (κ3) is 5.52. The highest BCUT2D eigenvalue weighted by molar-refractivity contribution is 7.26. The molecule has 4 heterocycles. The number of hydrogen-bond acceptors (Lipinski definition) is 7. The predicted molar refractivity (Wildman–Crippen MR) is 228 cm³/mol. The number of furan rings is 1. The van der Waals surface area contributed by atoms with E-state index in [1.54, 1.807) is 11.3 Å². The van der Waals surface area contributed by atoms with Crippen LogP contribution in [0.5, 0.6) is 0 Å². The molecule has 0 N–H and O–H groups in total. The Labute approximate surface area is 325 Å². The maximum atomic E-state index is 6.40. The van der Waals surface area contributed by atoms with Crippen molar-refractivity contribution in [3.8, 4) is 67.9 Å². The van der Waals surface area contributed by atoms with Crippen LogP contribution < -0.4 is 0 Å². The summed E-state index contributed by atoms with van der Waals surface area (Å²) in [6.45, 7) is 0. The SMILES string of the molecule is c1ccc(-c2nc(-c3ccccc3)nc(-c3ccc4c(c3)sc3c(-c5ccc(-c6nc(-c7ccccc7)nc7c6oc6ccccc67)cc5)cccc34)n2)cc1. The lowest BCUT2D eigenvalue weighted by molar-refractivity contribution is 0.667. The molecule has 11 aromatic rings. The number of benzene rings is 7. The smallest absolute Gasteiger partial charge is 0.180 e. The van der Waals surface area contributed by atoms with E-state index >= 15 is 0 Å². The lowest BCUT2D eigenvalue weighted by Gasteiger charge is -2.08. The first-order valence-electron chi connectivity index (χ1n) is 18.4. The van der Waals surface area contributed by atoms with Gasteiger partial charge in [0, 0.05) is 53.4 Å². The summed E-state index contributed by atoms with van der Waals surface area (Å²) >= 11 is 1.79. The van der Waals surface area contributed by atoms with Gasteiger partial charge in [0.15, 0.2) is 28.9 Å². The molecule has 11 rings (SSSR count). The fourth-order valence-electron chi connectivity index (χ4n) is 7.41. The first-order valence-corrected chi connectivity index (χ1v) is 19.2. The second-order valence-electron chi connectivity index (χ2n) is 13.6. The molecule has 7 aromatic carbocycles. The van der Waals surface area contributed by atoms with Gasteiger partial charge in [0.25, 0.3) is 0 Å². The minimum atomic E-state index is 0.645. The number of para-hydroxylation sites is 1. The molecular formula is C49H29N5OS. The van der Waals surface area contributed by atoms with Gasteiger partial charge < -0.3 is 4.42 Å². The van der Waals surface area contributed by atoms with Crippen LogP contribution in [0.4, 0.5) is 0 Å². The molecule has 7 heteroatoms. The van der Waals surface area contributed by atoms with E-state index in [0.717, 1.165) is 55.6 Å². The van der Waals surface area contributed by atoms with Gasteiger partial charge in [-0.15, -0.1) is 11.3 Å². The van der Waals surface area contributed by atoms with E-state index < -0.39 is 0 Å². The quantitative estimate of drug-likeness (QED) is 0.169. The Hall–Kier alpha value is -7.35. The average molecular weight is 736 g/mol. The number of fused-ring (bicyclic) bond motifs is 6. The molecule has 0 saturated heterocycles. The summed E-state index contributed by atoms with van der Waals surface area (Å²) in [7, 11) is 0. The summed E-state index contributed by atoms with van der Waals surface area (Å²) in [5.74, 6) is 2.61. The number of nitrogens with zero attached hydrogens (tertiary/aromatic N) is 5. The zero-order valence-electron chi connectivity index (χ0n) is 29.8. The molecule has 0 amide bonds. The lowest BCUT2D eigenvalue weighted by Crippen LogP contribution is -1.99. The largest absolute Gasteiger partial charge is 0.452 e. The number of thiophene rings is 1. The van der Waals surface area contributed by atoms with E-state index in [4.69, 9.17) is 29.3 Å². The summed E-state index contributed by atoms with van der Waals surface area (Å²) in [5.41, 5.74) is 10.1. The molecule has 0 radical (unpaired) electrons. The molecule has 0 aliphatic rings. The molecule has 0 saturated carbocycles. The molecule has 56 heavy (non-hydrogen) atoms. The molecule has 4 aromatic heterocycles. The van der Waals surface area contributed by atoms with Crippen molar-refractivity contribution in [2.24, 2.45) is 0 Å². The van der Waals surface area contributed by atoms with E-state index in [2.05, 4.69) is 66.7 Å². The summed E-state index contributed by atoms with van der Waals surface area (Å²) in [6, 6.07) is 60.0. The van der Waals surface area contributed by atoms with Gasteiger partial charge in [-0.1, -0.05) is 158 Å². The topological polar surface area (TPSA) is 77.6 Å². The van der Waals surface area contributed by atoms with Crippen LogP contribution in [0, 0.1) is 0 Å². The van der Waals surface area contributed by atoms with Crippen molar-refractivity contribution in [1.29, 1.82) is 0 Å². The fourth-order valence-corrected chi connectivity index (χ4v) is 8.69. The Morgan fingerprint density at radius 2 is 0.911 bits per heavy atom. The highest BCUT2D eigenvalue weighted by Gasteiger charge is 2.19. The van der Waals surface area contributed by atoms with E-state index in [-0.39, 0.29) is 0 Å². The second-order valence-corrected chi connectivity index (χ2v) is 14.7.